The molecule has 0 saturated heterocycles. The number of methoxy groups -OCH3 is 1. The second-order valence-corrected chi connectivity index (χ2v) is 8.22. The van der Waals surface area contributed by atoms with Crippen molar-refractivity contribution in [3.05, 3.63) is 85.5 Å². The Morgan fingerprint density at radius 1 is 1.10 bits per heavy atom. The van der Waals surface area contributed by atoms with Crippen LogP contribution in [-0.2, 0) is 13.0 Å². The molecule has 0 saturated carbocycles. The molecule has 0 radical (unpaired) electrons. The topological polar surface area (TPSA) is 35.5 Å². The lowest BCUT2D eigenvalue weighted by molar-refractivity contribution is 0.105. The van der Waals surface area contributed by atoms with Crippen molar-refractivity contribution in [2.45, 2.75) is 20.0 Å². The quantitative estimate of drug-likeness (QED) is 0.273. The van der Waals surface area contributed by atoms with Crippen LogP contribution >= 0.6 is 34.5 Å². The van der Waals surface area contributed by atoms with E-state index in [-0.39, 0.29) is 12.4 Å². The third-order valence-corrected chi connectivity index (χ3v) is 6.25. The van der Waals surface area contributed by atoms with E-state index in [1.807, 2.05) is 36.4 Å². The van der Waals surface area contributed by atoms with E-state index in [9.17, 15) is 4.79 Å². The largest absolute Gasteiger partial charge is 0.493 e. The third kappa shape index (κ3) is 5.41. The monoisotopic (exact) mass is 446 g/mol. The number of halogens is 2. The fourth-order valence-electron chi connectivity index (χ4n) is 2.71. The maximum atomic E-state index is 12.5. The zero-order chi connectivity index (χ0) is 20.8. The average Bonchev–Trinajstić information content (AvgIpc) is 3.22. The van der Waals surface area contributed by atoms with Crippen LogP contribution in [0.2, 0.25) is 10.0 Å². The summed E-state index contributed by atoms with van der Waals surface area (Å²) in [6, 6.07) is 14.8. The van der Waals surface area contributed by atoms with Crippen molar-refractivity contribution in [3.63, 3.8) is 0 Å². The van der Waals surface area contributed by atoms with E-state index in [1.165, 1.54) is 16.2 Å². The van der Waals surface area contributed by atoms with Gasteiger partial charge in [0, 0.05) is 10.4 Å². The molecule has 6 heteroatoms. The Morgan fingerprint density at radius 2 is 1.93 bits per heavy atom. The Bertz CT molecular complexity index is 1040. The van der Waals surface area contributed by atoms with E-state index < -0.39 is 0 Å². The van der Waals surface area contributed by atoms with Crippen molar-refractivity contribution in [1.29, 1.82) is 0 Å². The first kappa shape index (κ1) is 21.4. The second kappa shape index (κ2) is 9.97. The van der Waals surface area contributed by atoms with Crippen LogP contribution in [0.1, 0.15) is 32.6 Å². The summed E-state index contributed by atoms with van der Waals surface area (Å²) >= 11 is 13.6. The number of ether oxygens (including phenoxy) is 2. The molecular formula is C23H20Cl2O3S. The first-order valence-corrected chi connectivity index (χ1v) is 10.6. The highest BCUT2D eigenvalue weighted by atomic mass is 35.5. The molecule has 0 unspecified atom stereocenters. The normalized spacial score (nSPS) is 11.0. The van der Waals surface area contributed by atoms with Crippen molar-refractivity contribution in [3.8, 4) is 11.5 Å². The minimum atomic E-state index is -0.0343. The van der Waals surface area contributed by atoms with Gasteiger partial charge in [-0.3, -0.25) is 4.79 Å². The van der Waals surface area contributed by atoms with Crippen LogP contribution in [0.5, 0.6) is 11.5 Å². The van der Waals surface area contributed by atoms with Crippen molar-refractivity contribution >= 4 is 46.4 Å². The lowest BCUT2D eigenvalue weighted by Crippen LogP contribution is -2.00. The Kier molecular flexibility index (Phi) is 7.37. The molecule has 3 rings (SSSR count). The van der Waals surface area contributed by atoms with Crippen LogP contribution in [0.25, 0.3) is 6.08 Å². The molecule has 3 aromatic rings. The summed E-state index contributed by atoms with van der Waals surface area (Å²) in [5, 5.41) is 0.968. The van der Waals surface area contributed by atoms with Crippen molar-refractivity contribution in [1.82, 2.24) is 0 Å². The van der Waals surface area contributed by atoms with Gasteiger partial charge in [-0.05, 0) is 54.5 Å². The molecule has 0 bridgehead atoms. The molecule has 0 aliphatic heterocycles. The third-order valence-electron chi connectivity index (χ3n) is 4.26. The summed E-state index contributed by atoms with van der Waals surface area (Å²) in [5.74, 6) is 1.11. The maximum absolute atomic E-state index is 12.5. The molecular weight excluding hydrogens is 427 g/mol. The minimum Gasteiger partial charge on any atom is -0.493 e. The van der Waals surface area contributed by atoms with E-state index in [0.29, 0.717) is 21.5 Å². The molecule has 2 aromatic carbocycles. The van der Waals surface area contributed by atoms with Gasteiger partial charge in [-0.15, -0.1) is 11.3 Å². The Labute approximate surface area is 184 Å². The minimum absolute atomic E-state index is 0.0343. The lowest BCUT2D eigenvalue weighted by atomic mass is 10.1. The SMILES string of the molecule is CCc1ccc(C(=O)/C=C/c2cccc(OC)c2OCc2ccc(Cl)c(Cl)c2)s1. The number of hydrogen-bond donors (Lipinski definition) is 0. The van der Waals surface area contributed by atoms with E-state index >= 15 is 0 Å². The van der Waals surface area contributed by atoms with Gasteiger partial charge < -0.3 is 9.47 Å². The number of aryl methyl sites for hydroxylation is 1. The molecule has 0 fully saturated rings. The number of benzene rings is 2. The summed E-state index contributed by atoms with van der Waals surface area (Å²) in [5.41, 5.74) is 1.63. The molecule has 0 spiro atoms. The van der Waals surface area contributed by atoms with Crippen molar-refractivity contribution < 1.29 is 14.3 Å². The Morgan fingerprint density at radius 3 is 2.62 bits per heavy atom. The van der Waals surface area contributed by atoms with Gasteiger partial charge in [0.25, 0.3) is 0 Å². The van der Waals surface area contributed by atoms with Crippen LogP contribution in [0.3, 0.4) is 0 Å². The number of rotatable bonds is 8. The molecule has 0 amide bonds. The van der Waals surface area contributed by atoms with Gasteiger partial charge in [-0.1, -0.05) is 48.3 Å². The average molecular weight is 447 g/mol. The van der Waals surface area contributed by atoms with Crippen LogP contribution in [0, 0.1) is 0 Å². The van der Waals surface area contributed by atoms with Crippen LogP contribution in [-0.4, -0.2) is 12.9 Å². The van der Waals surface area contributed by atoms with Crippen molar-refractivity contribution in [2.24, 2.45) is 0 Å². The molecule has 150 valence electrons. The molecule has 0 aliphatic carbocycles. The summed E-state index contributed by atoms with van der Waals surface area (Å²) in [7, 11) is 1.58. The van der Waals surface area contributed by atoms with E-state index in [1.54, 1.807) is 31.4 Å². The number of para-hydroxylation sites is 1. The van der Waals surface area contributed by atoms with Gasteiger partial charge in [0.2, 0.25) is 0 Å². The number of ketones is 1. The molecule has 1 heterocycles. The summed E-state index contributed by atoms with van der Waals surface area (Å²) < 4.78 is 11.5. The predicted octanol–water partition coefficient (Wildman–Crippen LogP) is 7.10. The van der Waals surface area contributed by atoms with Gasteiger partial charge in [0.05, 0.1) is 22.0 Å². The molecule has 3 nitrogen and oxygen atoms in total. The Balaban J connectivity index is 1.81. The Hall–Kier alpha value is -2.27. The summed E-state index contributed by atoms with van der Waals surface area (Å²) in [6.07, 6.45) is 4.23. The zero-order valence-corrected chi connectivity index (χ0v) is 18.4. The van der Waals surface area contributed by atoms with Crippen LogP contribution in [0.15, 0.2) is 54.6 Å². The van der Waals surface area contributed by atoms with E-state index in [4.69, 9.17) is 32.7 Å². The van der Waals surface area contributed by atoms with E-state index in [0.717, 1.165) is 22.4 Å². The molecule has 0 atom stereocenters. The highest BCUT2D eigenvalue weighted by Gasteiger charge is 2.11. The summed E-state index contributed by atoms with van der Waals surface area (Å²) in [6.45, 7) is 2.36. The first-order chi connectivity index (χ1) is 14.0. The highest BCUT2D eigenvalue weighted by molar-refractivity contribution is 7.14. The van der Waals surface area contributed by atoms with Crippen LogP contribution in [0.4, 0.5) is 0 Å². The van der Waals surface area contributed by atoms with Gasteiger partial charge in [0.1, 0.15) is 6.61 Å². The van der Waals surface area contributed by atoms with Gasteiger partial charge in [-0.25, -0.2) is 0 Å². The lowest BCUT2D eigenvalue weighted by Gasteiger charge is -2.13. The summed E-state index contributed by atoms with van der Waals surface area (Å²) in [4.78, 5) is 14.4. The van der Waals surface area contributed by atoms with Gasteiger partial charge in [0.15, 0.2) is 17.3 Å². The zero-order valence-electron chi connectivity index (χ0n) is 16.1. The number of allylic oxidation sites excluding steroid dienone is 1. The number of hydrogen-bond acceptors (Lipinski definition) is 4. The smallest absolute Gasteiger partial charge is 0.195 e. The van der Waals surface area contributed by atoms with Gasteiger partial charge in [-0.2, -0.15) is 0 Å². The standard InChI is InChI=1S/C23H20Cl2O3S/c1-3-17-9-12-22(29-17)20(26)11-8-16-5-4-6-21(27-2)23(16)28-14-15-7-10-18(24)19(25)13-15/h4-13H,3,14H2,1-2H3/b11-8+. The second-order valence-electron chi connectivity index (χ2n) is 6.23. The molecule has 0 N–H and O–H groups in total. The molecule has 0 aliphatic rings. The molecule has 29 heavy (non-hydrogen) atoms. The number of thiophene rings is 1. The highest BCUT2D eigenvalue weighted by Crippen LogP contribution is 2.33. The maximum Gasteiger partial charge on any atom is 0.195 e. The molecule has 1 aromatic heterocycles. The number of carbonyl (C=O) groups excluding carboxylic acids is 1. The number of carbonyl (C=O) groups is 1. The van der Waals surface area contributed by atoms with Crippen LogP contribution < -0.4 is 9.47 Å². The van der Waals surface area contributed by atoms with E-state index in [2.05, 4.69) is 6.92 Å². The fourth-order valence-corrected chi connectivity index (χ4v) is 3.90. The first-order valence-electron chi connectivity index (χ1n) is 9.06. The van der Waals surface area contributed by atoms with Gasteiger partial charge >= 0.3 is 0 Å². The fraction of sp³-hybridized carbons (Fsp3) is 0.174. The van der Waals surface area contributed by atoms with Crippen molar-refractivity contribution in [2.75, 3.05) is 7.11 Å². The predicted molar refractivity (Wildman–Crippen MR) is 121 cm³/mol.